The van der Waals surface area contributed by atoms with Crippen LogP contribution in [0.1, 0.15) is 92.4 Å². The Labute approximate surface area is 188 Å². The minimum absolute atomic E-state index is 0.0349. The Bertz CT molecular complexity index is 821. The van der Waals surface area contributed by atoms with Gasteiger partial charge < -0.3 is 10.4 Å². The first-order valence-corrected chi connectivity index (χ1v) is 12.5. The zero-order valence-corrected chi connectivity index (χ0v) is 20.2. The van der Waals surface area contributed by atoms with Crippen molar-refractivity contribution in [1.29, 1.82) is 0 Å². The topological polar surface area (TPSA) is 65.2 Å². The fourth-order valence-corrected chi connectivity index (χ4v) is 8.41. The molecule has 4 nitrogen and oxygen atoms in total. The molecule has 0 unspecified atom stereocenters. The first-order valence-electron chi connectivity index (χ1n) is 12.5. The third-order valence-electron chi connectivity index (χ3n) is 10.0. The Hall–Kier alpha value is -1.58. The Kier molecular flexibility index (Phi) is 6.13. The quantitative estimate of drug-likeness (QED) is 0.283. The largest absolute Gasteiger partial charge is 0.411 e. The zero-order chi connectivity index (χ0) is 22.4. The van der Waals surface area contributed by atoms with E-state index in [1.165, 1.54) is 44.1 Å². The Morgan fingerprint density at radius 2 is 1.90 bits per heavy atom. The number of rotatable bonds is 4. The van der Waals surface area contributed by atoms with Gasteiger partial charge in [0.05, 0.1) is 11.4 Å². The molecule has 0 heterocycles. The molecule has 0 aliphatic heterocycles. The second-order valence-electron chi connectivity index (χ2n) is 11.8. The van der Waals surface area contributed by atoms with Crippen LogP contribution in [0.25, 0.3) is 0 Å². The molecule has 3 fully saturated rings. The first kappa shape index (κ1) is 22.6. The van der Waals surface area contributed by atoms with E-state index in [1.807, 2.05) is 6.08 Å². The summed E-state index contributed by atoms with van der Waals surface area (Å²) in [6, 6.07) is 0. The van der Waals surface area contributed by atoms with Gasteiger partial charge in [0.2, 0.25) is 0 Å². The highest BCUT2D eigenvalue weighted by Crippen LogP contribution is 2.67. The van der Waals surface area contributed by atoms with Gasteiger partial charge in [-0.1, -0.05) is 42.7 Å². The third kappa shape index (κ3) is 3.68. The second-order valence-corrected chi connectivity index (χ2v) is 11.8. The molecular weight excluding hydrogens is 384 g/mol. The van der Waals surface area contributed by atoms with Crippen LogP contribution in [-0.4, -0.2) is 21.8 Å². The summed E-state index contributed by atoms with van der Waals surface area (Å²) in [5.41, 5.74) is 4.57. The van der Waals surface area contributed by atoms with Gasteiger partial charge in [-0.15, -0.1) is 0 Å². The summed E-state index contributed by atoms with van der Waals surface area (Å²) in [6.45, 7) is 11.9. The van der Waals surface area contributed by atoms with E-state index >= 15 is 0 Å². The van der Waals surface area contributed by atoms with Gasteiger partial charge in [-0.3, -0.25) is 0 Å². The van der Waals surface area contributed by atoms with Crippen LogP contribution in [0.5, 0.6) is 0 Å². The number of hydrogen-bond acceptors (Lipinski definition) is 4. The lowest BCUT2D eigenvalue weighted by Gasteiger charge is -2.58. The van der Waals surface area contributed by atoms with Crippen molar-refractivity contribution in [3.05, 3.63) is 23.3 Å². The highest BCUT2D eigenvalue weighted by molar-refractivity contribution is 6.09. The average molecular weight is 427 g/mol. The second kappa shape index (κ2) is 8.41. The van der Waals surface area contributed by atoms with E-state index in [4.69, 9.17) is 0 Å². The van der Waals surface area contributed by atoms with Crippen LogP contribution in [-0.2, 0) is 0 Å². The molecule has 4 aliphatic rings. The molecule has 0 aromatic carbocycles. The van der Waals surface area contributed by atoms with Crippen LogP contribution in [0.3, 0.4) is 0 Å². The van der Waals surface area contributed by atoms with Crippen molar-refractivity contribution in [3.8, 4) is 0 Å². The SMILES string of the molecule is CC(C)=CCC[C@@H](C)[C@H]1CC[C@H]2[C@@H]3C/C(=N\O)C4=C/C(=N\O)CC[C@]4(C)[C@H]3CC[C@]12C. The maximum Gasteiger partial charge on any atom is 0.0836 e. The maximum absolute atomic E-state index is 9.92. The van der Waals surface area contributed by atoms with Crippen LogP contribution in [0.2, 0.25) is 0 Å². The summed E-state index contributed by atoms with van der Waals surface area (Å²) in [4.78, 5) is 0. The van der Waals surface area contributed by atoms with Crippen LogP contribution < -0.4 is 0 Å². The minimum atomic E-state index is 0.0349. The van der Waals surface area contributed by atoms with Crippen molar-refractivity contribution in [2.45, 2.75) is 92.4 Å². The Balaban J connectivity index is 1.59. The molecular formula is C27H42N2O2. The van der Waals surface area contributed by atoms with E-state index in [9.17, 15) is 10.4 Å². The summed E-state index contributed by atoms with van der Waals surface area (Å²) in [6.07, 6.45) is 14.9. The average Bonchev–Trinajstić information content (AvgIpc) is 3.09. The first-order chi connectivity index (χ1) is 14.7. The normalized spacial score (nSPS) is 43.1. The van der Waals surface area contributed by atoms with Crippen LogP contribution in [0.4, 0.5) is 0 Å². The molecule has 2 N–H and O–H groups in total. The molecule has 0 saturated heterocycles. The number of fused-ring (bicyclic) bond motifs is 5. The maximum atomic E-state index is 9.92. The van der Waals surface area contributed by atoms with Crippen molar-refractivity contribution < 1.29 is 10.4 Å². The van der Waals surface area contributed by atoms with E-state index in [0.717, 1.165) is 54.0 Å². The molecule has 0 bridgehead atoms. The zero-order valence-electron chi connectivity index (χ0n) is 20.2. The highest BCUT2D eigenvalue weighted by Gasteiger charge is 2.60. The summed E-state index contributed by atoms with van der Waals surface area (Å²) in [5, 5.41) is 26.5. The summed E-state index contributed by atoms with van der Waals surface area (Å²) >= 11 is 0. The number of oxime groups is 2. The fourth-order valence-electron chi connectivity index (χ4n) is 8.41. The van der Waals surface area contributed by atoms with Crippen molar-refractivity contribution >= 4 is 11.4 Å². The van der Waals surface area contributed by atoms with Gasteiger partial charge in [0.1, 0.15) is 0 Å². The van der Waals surface area contributed by atoms with Gasteiger partial charge in [-0.25, -0.2) is 0 Å². The van der Waals surface area contributed by atoms with Crippen LogP contribution in [0, 0.1) is 40.4 Å². The lowest BCUT2D eigenvalue weighted by atomic mass is 9.46. The van der Waals surface area contributed by atoms with Crippen molar-refractivity contribution in [2.24, 2.45) is 50.7 Å². The molecule has 0 radical (unpaired) electrons. The number of allylic oxidation sites excluding steroid dienone is 4. The third-order valence-corrected chi connectivity index (χ3v) is 10.0. The standard InChI is InChI=1S/C27H42N2O2/c1-17(2)7-6-8-18(3)21-9-10-22-20-16-25(29-31)24-15-19(28-30)11-13-27(24,5)23(20)12-14-26(21,22)4/h7,15,18,20-23,30-31H,6,8-14,16H2,1-5H3/b28-19-,29-25+/t18-,20+,21-,22+,23+,26-,27-/m1/s1. The van der Waals surface area contributed by atoms with E-state index < -0.39 is 0 Å². The number of hydrogen-bond donors (Lipinski definition) is 2. The molecule has 31 heavy (non-hydrogen) atoms. The minimum Gasteiger partial charge on any atom is -0.411 e. The van der Waals surface area contributed by atoms with Gasteiger partial charge >= 0.3 is 0 Å². The summed E-state index contributed by atoms with van der Waals surface area (Å²) in [7, 11) is 0. The smallest absolute Gasteiger partial charge is 0.0836 e. The van der Waals surface area contributed by atoms with Crippen LogP contribution in [0.15, 0.2) is 33.6 Å². The van der Waals surface area contributed by atoms with Crippen LogP contribution >= 0.6 is 0 Å². The van der Waals surface area contributed by atoms with E-state index in [2.05, 4.69) is 51.0 Å². The Morgan fingerprint density at radius 1 is 1.13 bits per heavy atom. The molecule has 0 aromatic heterocycles. The van der Waals surface area contributed by atoms with Crippen molar-refractivity contribution in [2.75, 3.05) is 0 Å². The Morgan fingerprint density at radius 3 is 2.58 bits per heavy atom. The molecule has 0 spiro atoms. The molecule has 4 aliphatic carbocycles. The van der Waals surface area contributed by atoms with Gasteiger partial charge in [0, 0.05) is 0 Å². The summed E-state index contributed by atoms with van der Waals surface area (Å²) < 4.78 is 0. The van der Waals surface area contributed by atoms with E-state index in [1.54, 1.807) is 0 Å². The van der Waals surface area contributed by atoms with Gasteiger partial charge in [0.25, 0.3) is 0 Å². The molecule has 4 heteroatoms. The molecule has 0 aromatic rings. The van der Waals surface area contributed by atoms with Gasteiger partial charge in [-0.05, 0) is 124 Å². The monoisotopic (exact) mass is 426 g/mol. The molecule has 4 rings (SSSR count). The highest BCUT2D eigenvalue weighted by atomic mass is 16.4. The molecule has 3 saturated carbocycles. The van der Waals surface area contributed by atoms with Crippen molar-refractivity contribution in [3.63, 3.8) is 0 Å². The van der Waals surface area contributed by atoms with E-state index in [0.29, 0.717) is 17.3 Å². The summed E-state index contributed by atoms with van der Waals surface area (Å²) in [5.74, 6) is 3.55. The predicted molar refractivity (Wildman–Crippen MR) is 127 cm³/mol. The van der Waals surface area contributed by atoms with Gasteiger partial charge in [-0.2, -0.15) is 0 Å². The van der Waals surface area contributed by atoms with Crippen molar-refractivity contribution in [1.82, 2.24) is 0 Å². The fraction of sp³-hybridized carbons (Fsp3) is 0.778. The number of nitrogens with zero attached hydrogens (tertiary/aromatic N) is 2. The lowest BCUT2D eigenvalue weighted by Crippen LogP contribution is -2.53. The van der Waals surface area contributed by atoms with Gasteiger partial charge in [0.15, 0.2) is 0 Å². The lowest BCUT2D eigenvalue weighted by molar-refractivity contribution is -0.0424. The molecule has 7 atom stereocenters. The molecule has 0 amide bonds. The molecule has 172 valence electrons. The van der Waals surface area contributed by atoms with E-state index in [-0.39, 0.29) is 5.41 Å². The predicted octanol–water partition coefficient (Wildman–Crippen LogP) is 7.22.